The number of aryl methyl sites for hydroxylation is 2. The first-order valence-corrected chi connectivity index (χ1v) is 6.65. The van der Waals surface area contributed by atoms with E-state index in [-0.39, 0.29) is 0 Å². The second-order valence-corrected chi connectivity index (χ2v) is 5.45. The third kappa shape index (κ3) is 3.56. The van der Waals surface area contributed by atoms with Gasteiger partial charge in [-0.15, -0.1) is 0 Å². The molecule has 1 heterocycles. The molecule has 0 radical (unpaired) electrons. The van der Waals surface area contributed by atoms with Crippen LogP contribution in [0.2, 0.25) is 0 Å². The van der Waals surface area contributed by atoms with Gasteiger partial charge in [-0.3, -0.25) is 4.68 Å². The van der Waals surface area contributed by atoms with Gasteiger partial charge in [0.2, 0.25) is 0 Å². The van der Waals surface area contributed by atoms with Gasteiger partial charge in [0, 0.05) is 18.8 Å². The van der Waals surface area contributed by atoms with Crippen molar-refractivity contribution in [3.05, 3.63) is 17.0 Å². The van der Waals surface area contributed by atoms with Crippen LogP contribution in [0.5, 0.6) is 0 Å². The maximum atomic E-state index is 4.67. The molecule has 0 aromatic carbocycles. The fraction of sp³-hybridized carbons (Fsp3) is 0.786. The average Bonchev–Trinajstić information content (AvgIpc) is 2.51. The molecule has 3 nitrogen and oxygen atoms in total. The lowest BCUT2D eigenvalue weighted by Crippen LogP contribution is -2.16. The number of hydrogen-bond acceptors (Lipinski definition) is 2. The summed E-state index contributed by atoms with van der Waals surface area (Å²) in [4.78, 5) is 0. The molecule has 1 rings (SSSR count). The Morgan fingerprint density at radius 3 is 2.41 bits per heavy atom. The molecule has 17 heavy (non-hydrogen) atoms. The molecule has 0 saturated heterocycles. The van der Waals surface area contributed by atoms with Gasteiger partial charge in [0.15, 0.2) is 0 Å². The highest BCUT2D eigenvalue weighted by molar-refractivity contribution is 5.28. The van der Waals surface area contributed by atoms with Gasteiger partial charge >= 0.3 is 0 Å². The summed E-state index contributed by atoms with van der Waals surface area (Å²) in [7, 11) is 2.00. The minimum atomic E-state index is 0.535. The molecule has 1 aromatic heterocycles. The molecule has 1 aromatic rings. The molecule has 1 N–H and O–H groups in total. The van der Waals surface area contributed by atoms with Crippen LogP contribution in [0.15, 0.2) is 0 Å². The first kappa shape index (κ1) is 14.2. The molecule has 0 saturated carbocycles. The van der Waals surface area contributed by atoms with E-state index in [9.17, 15) is 0 Å². The van der Waals surface area contributed by atoms with Crippen LogP contribution in [0, 0.1) is 19.8 Å². The molecular formula is C14H27N3. The van der Waals surface area contributed by atoms with Crippen molar-refractivity contribution in [3.8, 4) is 0 Å². The molecule has 0 fully saturated rings. The van der Waals surface area contributed by atoms with E-state index in [0.717, 1.165) is 19.0 Å². The van der Waals surface area contributed by atoms with Gasteiger partial charge < -0.3 is 5.32 Å². The van der Waals surface area contributed by atoms with Crippen molar-refractivity contribution in [3.63, 3.8) is 0 Å². The van der Waals surface area contributed by atoms with Crippen molar-refractivity contribution in [2.45, 2.75) is 53.5 Å². The van der Waals surface area contributed by atoms with Crippen molar-refractivity contribution in [2.75, 3.05) is 13.6 Å². The molecule has 0 bridgehead atoms. The monoisotopic (exact) mass is 237 g/mol. The van der Waals surface area contributed by atoms with Gasteiger partial charge in [0.1, 0.15) is 0 Å². The maximum Gasteiger partial charge on any atom is 0.0631 e. The highest BCUT2D eigenvalue weighted by Gasteiger charge is 2.16. The second kappa shape index (κ2) is 6.20. The van der Waals surface area contributed by atoms with E-state index in [0.29, 0.717) is 5.92 Å². The van der Waals surface area contributed by atoms with Crippen molar-refractivity contribution in [2.24, 2.45) is 5.92 Å². The molecule has 1 atom stereocenters. The first-order chi connectivity index (χ1) is 7.97. The van der Waals surface area contributed by atoms with Crippen molar-refractivity contribution in [1.82, 2.24) is 15.1 Å². The zero-order chi connectivity index (χ0) is 13.0. The van der Waals surface area contributed by atoms with Crippen LogP contribution < -0.4 is 5.32 Å². The minimum absolute atomic E-state index is 0.535. The van der Waals surface area contributed by atoms with Crippen LogP contribution in [-0.2, 0) is 6.54 Å². The summed E-state index contributed by atoms with van der Waals surface area (Å²) in [5.41, 5.74) is 3.95. The molecule has 0 aliphatic heterocycles. The smallest absolute Gasteiger partial charge is 0.0631 e. The van der Waals surface area contributed by atoms with Crippen LogP contribution in [0.25, 0.3) is 0 Å². The zero-order valence-electron chi connectivity index (χ0n) is 12.2. The Kier molecular flexibility index (Phi) is 5.19. The van der Waals surface area contributed by atoms with Crippen LogP contribution in [0.1, 0.15) is 50.1 Å². The zero-order valence-corrected chi connectivity index (χ0v) is 12.2. The number of rotatable bonds is 6. The standard InChI is InChI=1S/C14H27N3/c1-10(2)7-8-17-13(5)14(12(4)16-17)11(3)9-15-6/h10-11,15H,7-9H2,1-6H3. The lowest BCUT2D eigenvalue weighted by molar-refractivity contribution is 0.478. The SMILES string of the molecule is CNCC(C)c1c(C)nn(CCC(C)C)c1C. The molecule has 0 amide bonds. The lowest BCUT2D eigenvalue weighted by Gasteiger charge is -2.12. The van der Waals surface area contributed by atoms with Gasteiger partial charge in [0.05, 0.1) is 5.69 Å². The predicted molar refractivity (Wildman–Crippen MR) is 73.5 cm³/mol. The Morgan fingerprint density at radius 2 is 1.88 bits per heavy atom. The molecule has 0 aliphatic rings. The number of nitrogens with one attached hydrogen (secondary N) is 1. The fourth-order valence-corrected chi connectivity index (χ4v) is 2.43. The predicted octanol–water partition coefficient (Wildman–Crippen LogP) is 2.87. The summed E-state index contributed by atoms with van der Waals surface area (Å²) in [5, 5.41) is 7.92. The fourth-order valence-electron chi connectivity index (χ4n) is 2.43. The van der Waals surface area contributed by atoms with Crippen molar-refractivity contribution >= 4 is 0 Å². The lowest BCUT2D eigenvalue weighted by atomic mass is 9.99. The molecule has 3 heteroatoms. The van der Waals surface area contributed by atoms with E-state index in [1.807, 2.05) is 7.05 Å². The molecular weight excluding hydrogens is 210 g/mol. The maximum absolute atomic E-state index is 4.67. The Labute approximate surface area is 106 Å². The van der Waals surface area contributed by atoms with E-state index in [1.54, 1.807) is 0 Å². The number of hydrogen-bond donors (Lipinski definition) is 1. The van der Waals surface area contributed by atoms with Gasteiger partial charge in [-0.1, -0.05) is 20.8 Å². The Hall–Kier alpha value is -0.830. The van der Waals surface area contributed by atoms with Crippen LogP contribution in [0.4, 0.5) is 0 Å². The molecule has 98 valence electrons. The van der Waals surface area contributed by atoms with E-state index >= 15 is 0 Å². The number of aromatic nitrogens is 2. The summed E-state index contributed by atoms with van der Waals surface area (Å²) >= 11 is 0. The summed E-state index contributed by atoms with van der Waals surface area (Å²) in [6.45, 7) is 13.2. The summed E-state index contributed by atoms with van der Waals surface area (Å²) in [6, 6.07) is 0. The molecule has 1 unspecified atom stereocenters. The Bertz CT molecular complexity index is 353. The van der Waals surface area contributed by atoms with E-state index < -0.39 is 0 Å². The Balaban J connectivity index is 2.85. The largest absolute Gasteiger partial charge is 0.319 e. The summed E-state index contributed by atoms with van der Waals surface area (Å²) < 4.78 is 2.18. The number of nitrogens with zero attached hydrogens (tertiary/aromatic N) is 2. The summed E-state index contributed by atoms with van der Waals surface area (Å²) in [6.07, 6.45) is 1.20. The topological polar surface area (TPSA) is 29.9 Å². The van der Waals surface area contributed by atoms with Crippen molar-refractivity contribution in [1.29, 1.82) is 0 Å². The Morgan fingerprint density at radius 1 is 1.24 bits per heavy atom. The van der Waals surface area contributed by atoms with E-state index in [4.69, 9.17) is 0 Å². The van der Waals surface area contributed by atoms with Gasteiger partial charge in [0.25, 0.3) is 0 Å². The van der Waals surface area contributed by atoms with Crippen LogP contribution >= 0.6 is 0 Å². The molecule has 0 aliphatic carbocycles. The van der Waals surface area contributed by atoms with Gasteiger partial charge in [-0.2, -0.15) is 5.10 Å². The van der Waals surface area contributed by atoms with Crippen LogP contribution in [0.3, 0.4) is 0 Å². The van der Waals surface area contributed by atoms with Crippen LogP contribution in [-0.4, -0.2) is 23.4 Å². The van der Waals surface area contributed by atoms with Crippen molar-refractivity contribution < 1.29 is 0 Å². The van der Waals surface area contributed by atoms with E-state index in [2.05, 4.69) is 49.7 Å². The van der Waals surface area contributed by atoms with Gasteiger partial charge in [-0.25, -0.2) is 0 Å². The third-order valence-electron chi connectivity index (χ3n) is 3.36. The summed E-state index contributed by atoms with van der Waals surface area (Å²) in [5.74, 6) is 1.27. The quantitative estimate of drug-likeness (QED) is 0.824. The van der Waals surface area contributed by atoms with Gasteiger partial charge in [-0.05, 0) is 44.7 Å². The highest BCUT2D eigenvalue weighted by Crippen LogP contribution is 2.23. The normalized spacial score (nSPS) is 13.4. The average molecular weight is 237 g/mol. The highest BCUT2D eigenvalue weighted by atomic mass is 15.3. The minimum Gasteiger partial charge on any atom is -0.319 e. The third-order valence-corrected chi connectivity index (χ3v) is 3.36. The first-order valence-electron chi connectivity index (χ1n) is 6.65. The molecule has 0 spiro atoms. The second-order valence-electron chi connectivity index (χ2n) is 5.45. The van der Waals surface area contributed by atoms with E-state index in [1.165, 1.54) is 23.4 Å². The number of likely N-dealkylation sites (N-methyl/N-ethyl adjacent to an activating group) is 1.